The second-order valence-electron chi connectivity index (χ2n) is 4.80. The molecule has 0 heterocycles. The van der Waals surface area contributed by atoms with E-state index in [1.807, 2.05) is 12.1 Å². The van der Waals surface area contributed by atoms with E-state index < -0.39 is 17.7 Å². The minimum atomic E-state index is -0.755. The van der Waals surface area contributed by atoms with Gasteiger partial charge in [-0.25, -0.2) is 8.78 Å². The fourth-order valence-electron chi connectivity index (χ4n) is 2.23. The van der Waals surface area contributed by atoms with Crippen molar-refractivity contribution < 1.29 is 18.6 Å². The third kappa shape index (κ3) is 4.51. The maximum Gasteiger partial charge on any atom is 0.126 e. The van der Waals surface area contributed by atoms with Gasteiger partial charge in [0.15, 0.2) is 0 Å². The lowest BCUT2D eigenvalue weighted by molar-refractivity contribution is 0.174. The molecule has 0 saturated carbocycles. The van der Waals surface area contributed by atoms with Crippen molar-refractivity contribution in [1.82, 2.24) is 0 Å². The second-order valence-corrected chi connectivity index (χ2v) is 5.71. The first-order chi connectivity index (χ1) is 9.97. The summed E-state index contributed by atoms with van der Waals surface area (Å²) in [5.41, 5.74) is 1.25. The van der Waals surface area contributed by atoms with Crippen LogP contribution in [0.2, 0.25) is 0 Å². The van der Waals surface area contributed by atoms with Crippen LogP contribution >= 0.6 is 15.9 Å². The minimum Gasteiger partial charge on any atom is -0.496 e. The molecule has 0 fully saturated rings. The van der Waals surface area contributed by atoms with Crippen LogP contribution in [-0.4, -0.2) is 18.3 Å². The van der Waals surface area contributed by atoms with Crippen LogP contribution in [0.15, 0.2) is 40.9 Å². The van der Waals surface area contributed by atoms with Crippen LogP contribution in [0, 0.1) is 11.6 Å². The van der Waals surface area contributed by atoms with Crippen molar-refractivity contribution in [3.63, 3.8) is 0 Å². The number of benzene rings is 2. The second kappa shape index (κ2) is 7.00. The van der Waals surface area contributed by atoms with Crippen molar-refractivity contribution in [3.05, 3.63) is 63.6 Å². The Balaban J connectivity index is 2.11. The zero-order valence-electron chi connectivity index (χ0n) is 11.4. The fourth-order valence-corrected chi connectivity index (χ4v) is 2.64. The molecule has 21 heavy (non-hydrogen) atoms. The molecule has 0 spiro atoms. The predicted molar refractivity (Wildman–Crippen MR) is 80.5 cm³/mol. The standard InChI is InChI=1S/C16H15BrF2O2/c1-21-16-3-2-12(17)7-11(16)8-15(20)6-10-4-13(18)9-14(19)5-10/h2-5,7,9,15,20H,6,8H2,1H3. The monoisotopic (exact) mass is 356 g/mol. The summed E-state index contributed by atoms with van der Waals surface area (Å²) in [4.78, 5) is 0. The molecule has 0 aliphatic carbocycles. The zero-order valence-corrected chi connectivity index (χ0v) is 13.0. The van der Waals surface area contributed by atoms with E-state index in [1.165, 1.54) is 12.1 Å². The topological polar surface area (TPSA) is 29.5 Å². The molecule has 1 unspecified atom stereocenters. The molecule has 2 aromatic carbocycles. The van der Waals surface area contributed by atoms with E-state index in [2.05, 4.69) is 15.9 Å². The number of hydrogen-bond donors (Lipinski definition) is 1. The Bertz CT molecular complexity index is 611. The average Bonchev–Trinajstić information content (AvgIpc) is 2.37. The molecule has 0 saturated heterocycles. The number of rotatable bonds is 5. The molecule has 2 rings (SSSR count). The molecular weight excluding hydrogens is 342 g/mol. The normalized spacial score (nSPS) is 12.2. The molecule has 0 aromatic heterocycles. The Hall–Kier alpha value is -1.46. The van der Waals surface area contributed by atoms with Crippen molar-refractivity contribution in [3.8, 4) is 5.75 Å². The van der Waals surface area contributed by atoms with Crippen LogP contribution in [-0.2, 0) is 12.8 Å². The summed E-state index contributed by atoms with van der Waals surface area (Å²) in [6.07, 6.45) is -0.250. The summed E-state index contributed by atoms with van der Waals surface area (Å²) < 4.78 is 32.4. The first kappa shape index (κ1) is 15.9. The number of halogens is 3. The summed E-state index contributed by atoms with van der Waals surface area (Å²) in [5, 5.41) is 10.1. The van der Waals surface area contributed by atoms with Gasteiger partial charge in [0, 0.05) is 17.0 Å². The highest BCUT2D eigenvalue weighted by Gasteiger charge is 2.12. The Kier molecular flexibility index (Phi) is 5.31. The van der Waals surface area contributed by atoms with E-state index in [0.29, 0.717) is 17.7 Å². The van der Waals surface area contributed by atoms with Gasteiger partial charge in [-0.3, -0.25) is 0 Å². The predicted octanol–water partition coefficient (Wildman–Crippen LogP) is 3.88. The van der Waals surface area contributed by atoms with Crippen molar-refractivity contribution >= 4 is 15.9 Å². The maximum atomic E-state index is 13.1. The summed E-state index contributed by atoms with van der Waals surface area (Å²) in [6, 6.07) is 8.76. The van der Waals surface area contributed by atoms with Crippen LogP contribution in [0.1, 0.15) is 11.1 Å². The van der Waals surface area contributed by atoms with Gasteiger partial charge in [-0.2, -0.15) is 0 Å². The van der Waals surface area contributed by atoms with Crippen molar-refractivity contribution in [2.45, 2.75) is 18.9 Å². The highest BCUT2D eigenvalue weighted by Crippen LogP contribution is 2.25. The van der Waals surface area contributed by atoms with Crippen LogP contribution in [0.5, 0.6) is 5.75 Å². The molecule has 1 N–H and O–H groups in total. The third-order valence-electron chi connectivity index (χ3n) is 3.09. The summed E-state index contributed by atoms with van der Waals surface area (Å²) in [6.45, 7) is 0. The lowest BCUT2D eigenvalue weighted by Crippen LogP contribution is -2.15. The first-order valence-electron chi connectivity index (χ1n) is 6.43. The van der Waals surface area contributed by atoms with Gasteiger partial charge in [0.25, 0.3) is 0 Å². The van der Waals surface area contributed by atoms with Gasteiger partial charge in [0.1, 0.15) is 17.4 Å². The van der Waals surface area contributed by atoms with Crippen LogP contribution < -0.4 is 4.74 Å². The molecule has 0 aliphatic heterocycles. The molecule has 1 atom stereocenters. The van der Waals surface area contributed by atoms with Gasteiger partial charge >= 0.3 is 0 Å². The van der Waals surface area contributed by atoms with E-state index in [4.69, 9.17) is 4.74 Å². The fraction of sp³-hybridized carbons (Fsp3) is 0.250. The summed E-state index contributed by atoms with van der Waals surface area (Å²) in [5.74, 6) is -0.614. The number of aliphatic hydroxyl groups is 1. The van der Waals surface area contributed by atoms with E-state index in [1.54, 1.807) is 13.2 Å². The molecular formula is C16H15BrF2O2. The Morgan fingerprint density at radius 3 is 2.38 bits per heavy atom. The molecule has 0 amide bonds. The van der Waals surface area contributed by atoms with Gasteiger partial charge in [0.05, 0.1) is 13.2 Å². The molecule has 112 valence electrons. The quantitative estimate of drug-likeness (QED) is 0.880. The van der Waals surface area contributed by atoms with E-state index in [0.717, 1.165) is 16.1 Å². The molecule has 2 nitrogen and oxygen atoms in total. The van der Waals surface area contributed by atoms with Gasteiger partial charge < -0.3 is 9.84 Å². The Labute approximate surface area is 130 Å². The Morgan fingerprint density at radius 1 is 1.10 bits per heavy atom. The number of ether oxygens (including phenoxy) is 1. The van der Waals surface area contributed by atoms with Crippen LogP contribution in [0.25, 0.3) is 0 Å². The van der Waals surface area contributed by atoms with E-state index in [9.17, 15) is 13.9 Å². The molecule has 5 heteroatoms. The minimum absolute atomic E-state index is 0.171. The Morgan fingerprint density at radius 2 is 1.76 bits per heavy atom. The van der Waals surface area contributed by atoms with Gasteiger partial charge in [-0.1, -0.05) is 15.9 Å². The number of aliphatic hydroxyl groups excluding tert-OH is 1. The number of methoxy groups -OCH3 is 1. The molecule has 2 aromatic rings. The largest absolute Gasteiger partial charge is 0.496 e. The molecule has 0 bridgehead atoms. The van der Waals surface area contributed by atoms with Crippen LogP contribution in [0.3, 0.4) is 0 Å². The molecule has 0 aliphatic rings. The highest BCUT2D eigenvalue weighted by molar-refractivity contribution is 9.10. The first-order valence-corrected chi connectivity index (χ1v) is 7.22. The van der Waals surface area contributed by atoms with Crippen molar-refractivity contribution in [1.29, 1.82) is 0 Å². The van der Waals surface area contributed by atoms with E-state index in [-0.39, 0.29) is 6.42 Å². The lowest BCUT2D eigenvalue weighted by Gasteiger charge is -2.14. The van der Waals surface area contributed by atoms with E-state index >= 15 is 0 Å². The highest BCUT2D eigenvalue weighted by atomic mass is 79.9. The molecule has 0 radical (unpaired) electrons. The lowest BCUT2D eigenvalue weighted by atomic mass is 10.0. The summed E-state index contributed by atoms with van der Waals surface area (Å²) >= 11 is 3.36. The maximum absolute atomic E-state index is 13.1. The van der Waals surface area contributed by atoms with Crippen molar-refractivity contribution in [2.24, 2.45) is 0 Å². The van der Waals surface area contributed by atoms with Crippen LogP contribution in [0.4, 0.5) is 8.78 Å². The average molecular weight is 357 g/mol. The smallest absolute Gasteiger partial charge is 0.126 e. The van der Waals surface area contributed by atoms with Gasteiger partial charge in [0.2, 0.25) is 0 Å². The SMILES string of the molecule is COc1ccc(Br)cc1CC(O)Cc1cc(F)cc(F)c1. The number of hydrogen-bond acceptors (Lipinski definition) is 2. The van der Waals surface area contributed by atoms with Crippen molar-refractivity contribution in [2.75, 3.05) is 7.11 Å². The summed E-state index contributed by atoms with van der Waals surface area (Å²) in [7, 11) is 1.56. The zero-order chi connectivity index (χ0) is 15.4. The third-order valence-corrected chi connectivity index (χ3v) is 3.58. The van der Waals surface area contributed by atoms with Gasteiger partial charge in [-0.05, 0) is 47.9 Å². The van der Waals surface area contributed by atoms with Gasteiger partial charge in [-0.15, -0.1) is 0 Å².